The zero-order chi connectivity index (χ0) is 29.2. The van der Waals surface area contributed by atoms with Gasteiger partial charge in [0, 0.05) is 23.4 Å². The maximum absolute atomic E-state index is 13.0. The fourth-order valence-corrected chi connectivity index (χ4v) is 14.5. The molecule has 0 amide bonds. The second-order valence-corrected chi connectivity index (χ2v) is 17.9. The molecule has 5 heteroatoms. The first kappa shape index (κ1) is 28.4. The lowest BCUT2D eigenvalue weighted by molar-refractivity contribution is -0.227. The van der Waals surface area contributed by atoms with Crippen molar-refractivity contribution in [2.45, 2.75) is 124 Å². The van der Waals surface area contributed by atoms with Crippen molar-refractivity contribution in [3.63, 3.8) is 0 Å². The van der Waals surface area contributed by atoms with Gasteiger partial charge in [0.15, 0.2) is 5.13 Å². The normalized spacial score (nSPS) is 46.5. The number of anilines is 1. The summed E-state index contributed by atoms with van der Waals surface area (Å²) in [6.07, 6.45) is 13.9. The number of hydrogen-bond donors (Lipinski definition) is 1. The number of carboxylic acids is 1. The third-order valence-electron chi connectivity index (χ3n) is 15.1. The summed E-state index contributed by atoms with van der Waals surface area (Å²) in [7, 11) is 0. The molecule has 7 rings (SSSR count). The zero-order valence-corrected chi connectivity index (χ0v) is 27.5. The van der Waals surface area contributed by atoms with Gasteiger partial charge in [-0.05, 0) is 130 Å². The van der Waals surface area contributed by atoms with Gasteiger partial charge in [-0.15, -0.1) is 11.3 Å². The maximum Gasteiger partial charge on any atom is 0.309 e. The standard InChI is InChI=1S/C36H54N2O2S/c1-22(2)23-13-16-36(30(39)40)18-17-34(6)24(28(23)36)11-12-27-33(5)21-25-29(32(3,4)26(33)14-15-35(27,34)7)37-31(41-25)38-19-9-8-10-20-38/h23-24,26-28H,1,8-21H2,2-7H3,(H,39,40)/t23-,24+,26-,27+,28+,33-,34+,35+,36-/m0/s1. The van der Waals surface area contributed by atoms with Crippen LogP contribution in [0.5, 0.6) is 0 Å². The van der Waals surface area contributed by atoms with E-state index in [1.165, 1.54) is 67.8 Å². The summed E-state index contributed by atoms with van der Waals surface area (Å²) in [5.74, 6) is 1.90. The van der Waals surface area contributed by atoms with E-state index in [0.717, 1.165) is 38.8 Å². The molecular formula is C36H54N2O2S. The van der Waals surface area contributed by atoms with E-state index in [4.69, 9.17) is 4.98 Å². The average molecular weight is 579 g/mol. The summed E-state index contributed by atoms with van der Waals surface area (Å²) in [4.78, 5) is 22.5. The first-order chi connectivity index (χ1) is 19.3. The minimum atomic E-state index is -0.534. The zero-order valence-electron chi connectivity index (χ0n) is 26.7. The van der Waals surface area contributed by atoms with Crippen molar-refractivity contribution < 1.29 is 9.90 Å². The second-order valence-electron chi connectivity index (χ2n) is 16.9. The van der Waals surface area contributed by atoms with Gasteiger partial charge < -0.3 is 10.0 Å². The smallest absolute Gasteiger partial charge is 0.309 e. The largest absolute Gasteiger partial charge is 0.481 e. The van der Waals surface area contributed by atoms with Crippen LogP contribution in [-0.2, 0) is 16.6 Å². The molecule has 4 saturated carbocycles. The Labute approximate surface area is 252 Å². The molecule has 0 spiro atoms. The van der Waals surface area contributed by atoms with Gasteiger partial charge in [0.25, 0.3) is 0 Å². The highest BCUT2D eigenvalue weighted by Crippen LogP contribution is 2.77. The number of fused-ring (bicyclic) bond motifs is 8. The van der Waals surface area contributed by atoms with Gasteiger partial charge >= 0.3 is 5.97 Å². The number of nitrogens with zero attached hydrogens (tertiary/aromatic N) is 2. The lowest BCUT2D eigenvalue weighted by Gasteiger charge is -2.72. The summed E-state index contributed by atoms with van der Waals surface area (Å²) in [5.41, 5.74) is 2.87. The van der Waals surface area contributed by atoms with Crippen LogP contribution in [0, 0.1) is 51.2 Å². The van der Waals surface area contributed by atoms with Crippen LogP contribution < -0.4 is 4.90 Å². The van der Waals surface area contributed by atoms with Gasteiger partial charge in [-0.25, -0.2) is 4.98 Å². The molecule has 1 N–H and O–H groups in total. The van der Waals surface area contributed by atoms with Crippen LogP contribution in [-0.4, -0.2) is 29.1 Å². The lowest BCUT2D eigenvalue weighted by atomic mass is 9.32. The molecule has 1 aromatic rings. The first-order valence-electron chi connectivity index (χ1n) is 16.9. The summed E-state index contributed by atoms with van der Waals surface area (Å²) in [5, 5.41) is 12.0. The van der Waals surface area contributed by atoms with Crippen molar-refractivity contribution >= 4 is 22.4 Å². The SMILES string of the molecule is C=C(C)[C@@H]1CC[C@]2(C(=O)O)CC[C@]3(C)[C@H](CC[C@@H]4[C@@]5(C)Cc6sc(N7CCCCC7)nc6C(C)(C)[C@@H]5CC[C@]43C)[C@@H]12. The number of piperidine rings is 1. The quantitative estimate of drug-likeness (QED) is 0.364. The Morgan fingerprint density at radius 1 is 0.927 bits per heavy atom. The molecule has 41 heavy (non-hydrogen) atoms. The molecule has 5 fully saturated rings. The van der Waals surface area contributed by atoms with Crippen molar-refractivity contribution in [2.75, 3.05) is 18.0 Å². The molecule has 1 aromatic heterocycles. The molecule has 4 nitrogen and oxygen atoms in total. The molecule has 0 unspecified atom stereocenters. The molecule has 226 valence electrons. The first-order valence-corrected chi connectivity index (χ1v) is 17.8. The number of carbonyl (C=O) groups is 1. The van der Waals surface area contributed by atoms with Crippen LogP contribution >= 0.6 is 11.3 Å². The van der Waals surface area contributed by atoms with E-state index in [0.29, 0.717) is 23.7 Å². The number of aliphatic carboxylic acids is 1. The number of rotatable bonds is 3. The number of allylic oxidation sites excluding steroid dienone is 1. The summed E-state index contributed by atoms with van der Waals surface area (Å²) < 4.78 is 0. The van der Waals surface area contributed by atoms with E-state index in [9.17, 15) is 9.90 Å². The van der Waals surface area contributed by atoms with E-state index in [-0.39, 0.29) is 27.6 Å². The van der Waals surface area contributed by atoms with Gasteiger partial charge in [0.1, 0.15) is 0 Å². The lowest BCUT2D eigenvalue weighted by Crippen LogP contribution is -2.66. The number of carboxylic acid groups (broad SMARTS) is 1. The molecule has 6 aliphatic rings. The van der Waals surface area contributed by atoms with Gasteiger partial charge in [-0.1, -0.05) is 46.8 Å². The van der Waals surface area contributed by atoms with Gasteiger partial charge in [-0.3, -0.25) is 4.79 Å². The Kier molecular flexibility index (Phi) is 6.29. The van der Waals surface area contributed by atoms with E-state index in [1.807, 2.05) is 11.3 Å². The Balaban J connectivity index is 1.27. The van der Waals surface area contributed by atoms with Crippen LogP contribution in [0.1, 0.15) is 123 Å². The Bertz CT molecular complexity index is 1260. The highest BCUT2D eigenvalue weighted by molar-refractivity contribution is 7.15. The number of hydrogen-bond acceptors (Lipinski definition) is 4. The van der Waals surface area contributed by atoms with Crippen LogP contribution in [0.15, 0.2) is 12.2 Å². The molecule has 2 heterocycles. The maximum atomic E-state index is 13.0. The van der Waals surface area contributed by atoms with E-state index >= 15 is 0 Å². The summed E-state index contributed by atoms with van der Waals surface area (Å²) in [6.45, 7) is 21.9. The van der Waals surface area contributed by atoms with Crippen LogP contribution in [0.4, 0.5) is 5.13 Å². The average Bonchev–Trinajstić information content (AvgIpc) is 3.53. The fourth-order valence-electron chi connectivity index (χ4n) is 13.0. The van der Waals surface area contributed by atoms with Gasteiger partial charge in [0.05, 0.1) is 11.1 Å². The topological polar surface area (TPSA) is 53.4 Å². The molecule has 0 aromatic carbocycles. The molecule has 1 aliphatic heterocycles. The monoisotopic (exact) mass is 578 g/mol. The van der Waals surface area contributed by atoms with Crippen molar-refractivity contribution in [1.82, 2.24) is 4.98 Å². The Hall–Kier alpha value is -1.36. The highest BCUT2D eigenvalue weighted by Gasteiger charge is 2.72. The van der Waals surface area contributed by atoms with Crippen molar-refractivity contribution in [3.05, 3.63) is 22.7 Å². The third kappa shape index (κ3) is 3.56. The van der Waals surface area contributed by atoms with Crippen molar-refractivity contribution in [1.29, 1.82) is 0 Å². The van der Waals surface area contributed by atoms with Crippen LogP contribution in [0.2, 0.25) is 0 Å². The molecule has 0 bridgehead atoms. The van der Waals surface area contributed by atoms with Crippen molar-refractivity contribution in [2.24, 2.45) is 51.2 Å². The van der Waals surface area contributed by atoms with Crippen LogP contribution in [0.3, 0.4) is 0 Å². The number of aromatic nitrogens is 1. The second kappa shape index (κ2) is 9.08. The Morgan fingerprint density at radius 2 is 1.66 bits per heavy atom. The number of thiazole rings is 1. The molecule has 1 saturated heterocycles. The Morgan fingerprint density at radius 3 is 2.34 bits per heavy atom. The van der Waals surface area contributed by atoms with E-state index in [2.05, 4.69) is 53.0 Å². The molecule has 0 radical (unpaired) electrons. The van der Waals surface area contributed by atoms with Gasteiger partial charge in [0.2, 0.25) is 0 Å². The predicted octanol–water partition coefficient (Wildman–Crippen LogP) is 8.89. The van der Waals surface area contributed by atoms with Crippen molar-refractivity contribution in [3.8, 4) is 0 Å². The summed E-state index contributed by atoms with van der Waals surface area (Å²) >= 11 is 2.02. The van der Waals surface area contributed by atoms with E-state index < -0.39 is 11.4 Å². The summed E-state index contributed by atoms with van der Waals surface area (Å²) in [6, 6.07) is 0. The van der Waals surface area contributed by atoms with Gasteiger partial charge in [-0.2, -0.15) is 0 Å². The van der Waals surface area contributed by atoms with E-state index in [1.54, 1.807) is 4.88 Å². The highest BCUT2D eigenvalue weighted by atomic mass is 32.1. The minimum Gasteiger partial charge on any atom is -0.481 e. The minimum absolute atomic E-state index is 0.0908. The molecule has 5 aliphatic carbocycles. The third-order valence-corrected chi connectivity index (χ3v) is 16.2. The molecule has 9 atom stereocenters. The predicted molar refractivity (Wildman–Crippen MR) is 168 cm³/mol. The fraction of sp³-hybridized carbons (Fsp3) is 0.833. The van der Waals surface area contributed by atoms with Crippen LogP contribution in [0.25, 0.3) is 0 Å². The molecular weight excluding hydrogens is 524 g/mol.